The van der Waals surface area contributed by atoms with Crippen molar-refractivity contribution in [2.75, 3.05) is 13.1 Å². The average Bonchev–Trinajstić information content (AvgIpc) is 3.34. The topological polar surface area (TPSA) is 75.3 Å². The van der Waals surface area contributed by atoms with Crippen LogP contribution in [0.4, 0.5) is 0 Å². The van der Waals surface area contributed by atoms with Gasteiger partial charge < -0.3 is 15.2 Å². The standard InChI is InChI=1S/C19H22ClN5OS/c1-3-21-19(23-13(2)16-8-5-11-27-16)22-10-9-17-24-18(25-26-17)14-6-4-7-15(20)12-14/h4-8,11-13H,3,9-10H2,1-2H3,(H2,21,22,23). The van der Waals surface area contributed by atoms with Crippen LogP contribution in [0.15, 0.2) is 51.3 Å². The van der Waals surface area contributed by atoms with Gasteiger partial charge >= 0.3 is 0 Å². The van der Waals surface area contributed by atoms with Gasteiger partial charge in [0.05, 0.1) is 12.6 Å². The maximum Gasteiger partial charge on any atom is 0.228 e. The van der Waals surface area contributed by atoms with E-state index in [9.17, 15) is 0 Å². The van der Waals surface area contributed by atoms with Gasteiger partial charge in [0, 0.05) is 28.4 Å². The first-order valence-corrected chi connectivity index (χ1v) is 10.1. The predicted octanol–water partition coefficient (Wildman–Crippen LogP) is 4.31. The van der Waals surface area contributed by atoms with Gasteiger partial charge in [0.25, 0.3) is 0 Å². The molecule has 2 N–H and O–H groups in total. The van der Waals surface area contributed by atoms with Gasteiger partial charge in [0.2, 0.25) is 11.7 Å². The van der Waals surface area contributed by atoms with E-state index in [1.54, 1.807) is 11.3 Å². The Hall–Kier alpha value is -2.38. The highest BCUT2D eigenvalue weighted by Crippen LogP contribution is 2.20. The normalized spacial score (nSPS) is 12.8. The number of guanidine groups is 1. The lowest BCUT2D eigenvalue weighted by molar-refractivity contribution is 0.380. The molecule has 0 aliphatic carbocycles. The molecule has 6 nitrogen and oxygen atoms in total. The summed E-state index contributed by atoms with van der Waals surface area (Å²) >= 11 is 7.74. The minimum absolute atomic E-state index is 0.195. The van der Waals surface area contributed by atoms with E-state index in [1.807, 2.05) is 31.2 Å². The monoisotopic (exact) mass is 403 g/mol. The zero-order chi connectivity index (χ0) is 19.1. The third-order valence-electron chi connectivity index (χ3n) is 3.81. The van der Waals surface area contributed by atoms with Crippen molar-refractivity contribution in [3.63, 3.8) is 0 Å². The molecule has 3 rings (SSSR count). The Bertz CT molecular complexity index is 878. The van der Waals surface area contributed by atoms with Crippen LogP contribution in [0.1, 0.15) is 30.7 Å². The molecule has 2 heterocycles. The summed E-state index contributed by atoms with van der Waals surface area (Å²) in [6.45, 7) is 5.50. The van der Waals surface area contributed by atoms with Crippen molar-refractivity contribution in [3.05, 3.63) is 57.6 Å². The summed E-state index contributed by atoms with van der Waals surface area (Å²) in [6, 6.07) is 11.7. The third kappa shape index (κ3) is 5.55. The highest BCUT2D eigenvalue weighted by molar-refractivity contribution is 7.10. The number of aromatic nitrogens is 2. The molecule has 8 heteroatoms. The Morgan fingerprint density at radius 2 is 2.22 bits per heavy atom. The number of hydrogen-bond acceptors (Lipinski definition) is 5. The second-order valence-electron chi connectivity index (χ2n) is 5.91. The molecule has 3 aromatic rings. The SMILES string of the molecule is CCNC(=NCCc1nc(-c2cccc(Cl)c2)no1)NC(C)c1cccs1. The Morgan fingerprint density at radius 3 is 2.96 bits per heavy atom. The van der Waals surface area contributed by atoms with Gasteiger partial charge in [0.15, 0.2) is 5.96 Å². The minimum atomic E-state index is 0.195. The first kappa shape index (κ1) is 19.4. The summed E-state index contributed by atoms with van der Waals surface area (Å²) < 4.78 is 5.33. The zero-order valence-corrected chi connectivity index (χ0v) is 16.8. The molecule has 0 radical (unpaired) electrons. The van der Waals surface area contributed by atoms with Crippen molar-refractivity contribution < 1.29 is 4.52 Å². The average molecular weight is 404 g/mol. The van der Waals surface area contributed by atoms with Crippen LogP contribution in [0.5, 0.6) is 0 Å². The van der Waals surface area contributed by atoms with Crippen LogP contribution in [-0.2, 0) is 6.42 Å². The van der Waals surface area contributed by atoms with E-state index < -0.39 is 0 Å². The van der Waals surface area contributed by atoms with Crippen LogP contribution in [0.25, 0.3) is 11.4 Å². The molecule has 0 spiro atoms. The van der Waals surface area contributed by atoms with E-state index in [1.165, 1.54) is 4.88 Å². The number of nitrogens with zero attached hydrogens (tertiary/aromatic N) is 3. The van der Waals surface area contributed by atoms with Gasteiger partial charge in [-0.2, -0.15) is 4.98 Å². The molecule has 142 valence electrons. The first-order chi connectivity index (χ1) is 13.2. The van der Waals surface area contributed by atoms with E-state index in [4.69, 9.17) is 16.1 Å². The fraction of sp³-hybridized carbons (Fsp3) is 0.316. The quantitative estimate of drug-likeness (QED) is 0.454. The summed E-state index contributed by atoms with van der Waals surface area (Å²) in [6.07, 6.45) is 0.567. The van der Waals surface area contributed by atoms with Gasteiger partial charge in [-0.05, 0) is 37.4 Å². The lowest BCUT2D eigenvalue weighted by Gasteiger charge is -2.16. The van der Waals surface area contributed by atoms with Crippen molar-refractivity contribution in [3.8, 4) is 11.4 Å². The van der Waals surface area contributed by atoms with Crippen molar-refractivity contribution >= 4 is 28.9 Å². The summed E-state index contributed by atoms with van der Waals surface area (Å²) in [5.41, 5.74) is 0.834. The Kier molecular flexibility index (Phi) is 6.84. The van der Waals surface area contributed by atoms with Crippen LogP contribution in [0.3, 0.4) is 0 Å². The number of nitrogens with one attached hydrogen (secondary N) is 2. The Morgan fingerprint density at radius 1 is 1.33 bits per heavy atom. The van der Waals surface area contributed by atoms with E-state index >= 15 is 0 Å². The highest BCUT2D eigenvalue weighted by Gasteiger charge is 2.10. The molecular formula is C19H22ClN5OS. The molecule has 0 fully saturated rings. The van der Waals surface area contributed by atoms with Crippen molar-refractivity contribution in [2.24, 2.45) is 4.99 Å². The molecule has 0 saturated carbocycles. The number of thiophene rings is 1. The largest absolute Gasteiger partial charge is 0.357 e. The number of hydrogen-bond donors (Lipinski definition) is 2. The second kappa shape index (κ2) is 9.53. The fourth-order valence-electron chi connectivity index (χ4n) is 2.50. The van der Waals surface area contributed by atoms with Crippen LogP contribution in [0, 0.1) is 0 Å². The highest BCUT2D eigenvalue weighted by atomic mass is 35.5. The van der Waals surface area contributed by atoms with Crippen molar-refractivity contribution in [2.45, 2.75) is 26.3 Å². The van der Waals surface area contributed by atoms with Gasteiger partial charge in [-0.25, -0.2) is 0 Å². The van der Waals surface area contributed by atoms with Crippen molar-refractivity contribution in [1.29, 1.82) is 0 Å². The summed E-state index contributed by atoms with van der Waals surface area (Å²) in [4.78, 5) is 10.3. The van der Waals surface area contributed by atoms with E-state index in [-0.39, 0.29) is 6.04 Å². The van der Waals surface area contributed by atoms with Crippen LogP contribution in [0.2, 0.25) is 5.02 Å². The lowest BCUT2D eigenvalue weighted by atomic mass is 10.2. The molecule has 1 atom stereocenters. The molecular weight excluding hydrogens is 382 g/mol. The molecule has 0 bridgehead atoms. The zero-order valence-electron chi connectivity index (χ0n) is 15.3. The van der Waals surface area contributed by atoms with Gasteiger partial charge in [-0.1, -0.05) is 35.0 Å². The van der Waals surface area contributed by atoms with Gasteiger partial charge in [-0.3, -0.25) is 4.99 Å². The lowest BCUT2D eigenvalue weighted by Crippen LogP contribution is -2.38. The van der Waals surface area contributed by atoms with E-state index in [2.05, 4.69) is 50.2 Å². The molecule has 1 unspecified atom stereocenters. The van der Waals surface area contributed by atoms with Crippen LogP contribution < -0.4 is 10.6 Å². The van der Waals surface area contributed by atoms with Gasteiger partial charge in [-0.15, -0.1) is 11.3 Å². The molecule has 0 amide bonds. The van der Waals surface area contributed by atoms with Crippen molar-refractivity contribution in [1.82, 2.24) is 20.8 Å². The smallest absolute Gasteiger partial charge is 0.228 e. The van der Waals surface area contributed by atoms with E-state index in [0.717, 1.165) is 18.1 Å². The third-order valence-corrected chi connectivity index (χ3v) is 5.10. The number of aliphatic imine (C=N–C) groups is 1. The predicted molar refractivity (Wildman–Crippen MR) is 110 cm³/mol. The molecule has 1 aromatic carbocycles. The van der Waals surface area contributed by atoms with Crippen LogP contribution in [-0.4, -0.2) is 29.2 Å². The summed E-state index contributed by atoms with van der Waals surface area (Å²) in [5, 5.41) is 13.4. The van der Waals surface area contributed by atoms with Gasteiger partial charge in [0.1, 0.15) is 0 Å². The maximum atomic E-state index is 6.01. The second-order valence-corrected chi connectivity index (χ2v) is 7.33. The summed E-state index contributed by atoms with van der Waals surface area (Å²) in [7, 11) is 0. The molecule has 0 aliphatic rings. The fourth-order valence-corrected chi connectivity index (χ4v) is 3.42. The summed E-state index contributed by atoms with van der Waals surface area (Å²) in [5.74, 6) is 1.86. The molecule has 27 heavy (non-hydrogen) atoms. The molecule has 2 aromatic heterocycles. The maximum absolute atomic E-state index is 6.01. The first-order valence-electron chi connectivity index (χ1n) is 8.82. The number of rotatable bonds is 7. The molecule has 0 aliphatic heterocycles. The number of halogens is 1. The number of benzene rings is 1. The minimum Gasteiger partial charge on any atom is -0.357 e. The Labute approximate surface area is 167 Å². The Balaban J connectivity index is 1.59. The van der Waals surface area contributed by atoms with E-state index in [0.29, 0.717) is 29.7 Å². The van der Waals surface area contributed by atoms with Crippen LogP contribution >= 0.6 is 22.9 Å². The molecule has 0 saturated heterocycles.